The molecule has 5 rings (SSSR count). The van der Waals surface area contributed by atoms with Crippen LogP contribution in [0.15, 0.2) is 61.8 Å². The number of carbonyl (C=O) groups is 1. The predicted molar refractivity (Wildman–Crippen MR) is 115 cm³/mol. The van der Waals surface area contributed by atoms with Crippen molar-refractivity contribution in [1.82, 2.24) is 24.3 Å². The summed E-state index contributed by atoms with van der Waals surface area (Å²) in [6.07, 6.45) is 9.27. The average molecular weight is 399 g/mol. The first-order chi connectivity index (χ1) is 14.5. The molecule has 2 N–H and O–H groups in total. The summed E-state index contributed by atoms with van der Waals surface area (Å²) in [7, 11) is 0. The molecule has 1 saturated carbocycles. The molecule has 1 aromatic carbocycles. The maximum absolute atomic E-state index is 12.4. The second-order valence-electron chi connectivity index (χ2n) is 7.65. The van der Waals surface area contributed by atoms with Crippen molar-refractivity contribution in [3.63, 3.8) is 0 Å². The molecule has 0 aliphatic heterocycles. The van der Waals surface area contributed by atoms with Gasteiger partial charge in [0.05, 0.1) is 11.9 Å². The van der Waals surface area contributed by atoms with Gasteiger partial charge in [-0.05, 0) is 49.6 Å². The molecule has 0 saturated heterocycles. The second-order valence-corrected chi connectivity index (χ2v) is 7.65. The number of benzene rings is 1. The summed E-state index contributed by atoms with van der Waals surface area (Å²) in [6, 6.07) is 9.60. The summed E-state index contributed by atoms with van der Waals surface area (Å²) in [5.74, 6) is 0.739. The maximum atomic E-state index is 12.4. The summed E-state index contributed by atoms with van der Waals surface area (Å²) < 4.78 is 3.74. The highest BCUT2D eigenvalue weighted by atomic mass is 16.3. The Kier molecular flexibility index (Phi) is 4.17. The zero-order chi connectivity index (χ0) is 20.8. The summed E-state index contributed by atoms with van der Waals surface area (Å²) in [5.41, 5.74) is 4.73. The first-order valence-electron chi connectivity index (χ1n) is 9.81. The van der Waals surface area contributed by atoms with Gasteiger partial charge in [0.1, 0.15) is 23.6 Å². The quantitative estimate of drug-likeness (QED) is 0.498. The fourth-order valence-corrected chi connectivity index (χ4v) is 3.45. The molecule has 7 nitrogen and oxygen atoms in total. The molecular formula is C23H21N5O2. The SMILES string of the molecule is C=C(O)c1ccc2ncc(-n3cnc(-c4cc(C(=O)NC5CC5)ccc4C)c3)n2c1. The third kappa shape index (κ3) is 3.24. The lowest BCUT2D eigenvalue weighted by atomic mass is 10.0. The number of rotatable bonds is 5. The smallest absolute Gasteiger partial charge is 0.251 e. The largest absolute Gasteiger partial charge is 0.508 e. The van der Waals surface area contributed by atoms with Gasteiger partial charge in [0, 0.05) is 35.1 Å². The Morgan fingerprint density at radius 1 is 1.17 bits per heavy atom. The summed E-state index contributed by atoms with van der Waals surface area (Å²) in [4.78, 5) is 21.4. The van der Waals surface area contributed by atoms with Crippen molar-refractivity contribution in [2.45, 2.75) is 25.8 Å². The molecule has 0 spiro atoms. The van der Waals surface area contributed by atoms with E-state index in [-0.39, 0.29) is 11.7 Å². The molecule has 1 aliphatic carbocycles. The zero-order valence-corrected chi connectivity index (χ0v) is 16.5. The van der Waals surface area contributed by atoms with Gasteiger partial charge in [0.25, 0.3) is 5.91 Å². The molecule has 0 bridgehead atoms. The Hall–Kier alpha value is -3.87. The number of hydrogen-bond donors (Lipinski definition) is 2. The van der Waals surface area contributed by atoms with Crippen LogP contribution in [0.5, 0.6) is 0 Å². The van der Waals surface area contributed by atoms with E-state index in [1.807, 2.05) is 46.4 Å². The second kappa shape index (κ2) is 6.88. The summed E-state index contributed by atoms with van der Waals surface area (Å²) in [6.45, 7) is 5.59. The molecule has 4 aromatic rings. The lowest BCUT2D eigenvalue weighted by Gasteiger charge is -2.08. The molecule has 3 heterocycles. The Morgan fingerprint density at radius 2 is 1.97 bits per heavy atom. The molecule has 3 aromatic heterocycles. The molecule has 150 valence electrons. The fourth-order valence-electron chi connectivity index (χ4n) is 3.45. The molecule has 30 heavy (non-hydrogen) atoms. The number of aliphatic hydroxyl groups is 1. The molecule has 1 amide bonds. The zero-order valence-electron chi connectivity index (χ0n) is 16.5. The number of hydrogen-bond acceptors (Lipinski definition) is 4. The maximum Gasteiger partial charge on any atom is 0.251 e. The van der Waals surface area contributed by atoms with Crippen molar-refractivity contribution in [1.29, 1.82) is 0 Å². The van der Waals surface area contributed by atoms with Crippen LogP contribution in [-0.4, -0.2) is 36.0 Å². The number of fused-ring (bicyclic) bond motifs is 1. The van der Waals surface area contributed by atoms with Crippen molar-refractivity contribution in [2.24, 2.45) is 0 Å². The van der Waals surface area contributed by atoms with Crippen LogP contribution >= 0.6 is 0 Å². The monoisotopic (exact) mass is 399 g/mol. The highest BCUT2D eigenvalue weighted by Crippen LogP contribution is 2.26. The van der Waals surface area contributed by atoms with Crippen LogP contribution in [0.1, 0.15) is 34.3 Å². The molecule has 0 radical (unpaired) electrons. The standard InChI is InChI=1S/C23H21N5O2/c1-14-3-4-16(23(30)26-18-6-7-18)9-19(14)20-12-27(13-25-20)22-10-24-21-8-5-17(15(2)29)11-28(21)22/h3-5,8-13,18,29H,2,6-7H2,1H3,(H,26,30). The third-order valence-electron chi connectivity index (χ3n) is 5.35. The van der Waals surface area contributed by atoms with E-state index in [2.05, 4.69) is 21.9 Å². The van der Waals surface area contributed by atoms with E-state index in [0.29, 0.717) is 17.2 Å². The minimum Gasteiger partial charge on any atom is -0.508 e. The lowest BCUT2D eigenvalue weighted by Crippen LogP contribution is -2.25. The number of nitrogens with one attached hydrogen (secondary N) is 1. The van der Waals surface area contributed by atoms with Gasteiger partial charge in [-0.15, -0.1) is 0 Å². The summed E-state index contributed by atoms with van der Waals surface area (Å²) in [5, 5.41) is 12.7. The van der Waals surface area contributed by atoms with Crippen LogP contribution in [0.25, 0.3) is 28.5 Å². The topological polar surface area (TPSA) is 84.5 Å². The van der Waals surface area contributed by atoms with E-state index in [4.69, 9.17) is 0 Å². The fraction of sp³-hybridized carbons (Fsp3) is 0.174. The third-order valence-corrected chi connectivity index (χ3v) is 5.35. The number of amides is 1. The van der Waals surface area contributed by atoms with E-state index in [1.165, 1.54) is 0 Å². The highest BCUT2D eigenvalue weighted by Gasteiger charge is 2.24. The van der Waals surface area contributed by atoms with Gasteiger partial charge >= 0.3 is 0 Å². The Balaban J connectivity index is 1.51. The van der Waals surface area contributed by atoms with E-state index >= 15 is 0 Å². The van der Waals surface area contributed by atoms with E-state index in [0.717, 1.165) is 41.1 Å². The number of aryl methyl sites for hydroxylation is 1. The van der Waals surface area contributed by atoms with Crippen LogP contribution in [0.3, 0.4) is 0 Å². The first-order valence-corrected chi connectivity index (χ1v) is 9.81. The van der Waals surface area contributed by atoms with E-state index < -0.39 is 0 Å². The Bertz CT molecular complexity index is 1300. The van der Waals surface area contributed by atoms with Crippen molar-refractivity contribution in [3.05, 3.63) is 78.5 Å². The number of aromatic nitrogens is 4. The van der Waals surface area contributed by atoms with Crippen molar-refractivity contribution in [3.8, 4) is 17.1 Å². The van der Waals surface area contributed by atoms with Gasteiger partial charge in [0.2, 0.25) is 0 Å². The van der Waals surface area contributed by atoms with Gasteiger partial charge in [0.15, 0.2) is 0 Å². The van der Waals surface area contributed by atoms with E-state index in [9.17, 15) is 9.90 Å². The molecule has 1 aliphatic rings. The van der Waals surface area contributed by atoms with Crippen LogP contribution in [-0.2, 0) is 0 Å². The van der Waals surface area contributed by atoms with Crippen molar-refractivity contribution in [2.75, 3.05) is 0 Å². The molecule has 0 atom stereocenters. The summed E-state index contributed by atoms with van der Waals surface area (Å²) >= 11 is 0. The minimum atomic E-state index is -0.0447. The predicted octanol–water partition coefficient (Wildman–Crippen LogP) is 3.92. The van der Waals surface area contributed by atoms with Crippen LogP contribution < -0.4 is 5.32 Å². The molecule has 0 unspecified atom stereocenters. The van der Waals surface area contributed by atoms with Gasteiger partial charge < -0.3 is 10.4 Å². The average Bonchev–Trinajstić information content (AvgIpc) is 3.25. The lowest BCUT2D eigenvalue weighted by molar-refractivity contribution is 0.0951. The number of carbonyl (C=O) groups excluding carboxylic acids is 1. The highest BCUT2D eigenvalue weighted by molar-refractivity contribution is 5.96. The van der Waals surface area contributed by atoms with Crippen LogP contribution in [0.4, 0.5) is 0 Å². The van der Waals surface area contributed by atoms with Crippen molar-refractivity contribution >= 4 is 17.3 Å². The van der Waals surface area contributed by atoms with Crippen LogP contribution in [0.2, 0.25) is 0 Å². The number of aliphatic hydroxyl groups excluding tert-OH is 1. The minimum absolute atomic E-state index is 0.000200. The van der Waals surface area contributed by atoms with Crippen molar-refractivity contribution < 1.29 is 9.90 Å². The number of pyridine rings is 1. The Morgan fingerprint density at radius 3 is 2.73 bits per heavy atom. The normalized spacial score (nSPS) is 13.5. The van der Waals surface area contributed by atoms with Gasteiger partial charge in [-0.2, -0.15) is 0 Å². The van der Waals surface area contributed by atoms with Gasteiger partial charge in [-0.3, -0.25) is 13.8 Å². The number of imidazole rings is 2. The molecule has 7 heteroatoms. The number of nitrogens with zero attached hydrogens (tertiary/aromatic N) is 4. The molecule has 1 fully saturated rings. The first kappa shape index (κ1) is 18.2. The Labute approximate surface area is 173 Å². The van der Waals surface area contributed by atoms with Crippen LogP contribution in [0, 0.1) is 6.92 Å². The molecular weight excluding hydrogens is 378 g/mol. The van der Waals surface area contributed by atoms with Gasteiger partial charge in [-0.1, -0.05) is 12.6 Å². The van der Waals surface area contributed by atoms with Gasteiger partial charge in [-0.25, -0.2) is 9.97 Å². The van der Waals surface area contributed by atoms with E-state index in [1.54, 1.807) is 24.8 Å².